The number of rotatable bonds is 3. The maximum absolute atomic E-state index is 9.73. The van der Waals surface area contributed by atoms with Crippen LogP contribution in [0, 0.1) is 23.2 Å². The molecule has 114 valence electrons. The molecule has 0 amide bonds. The summed E-state index contributed by atoms with van der Waals surface area (Å²) in [6.07, 6.45) is 5.28. The fraction of sp³-hybridized carbons (Fsp3) is 0.588. The minimum atomic E-state index is -0.448. The van der Waals surface area contributed by atoms with E-state index in [0.717, 1.165) is 41.8 Å². The molecule has 0 aliphatic heterocycles. The van der Waals surface area contributed by atoms with E-state index in [1.807, 2.05) is 18.2 Å². The third-order valence-corrected chi connectivity index (χ3v) is 5.79. The van der Waals surface area contributed by atoms with E-state index < -0.39 is 5.54 Å². The van der Waals surface area contributed by atoms with Crippen LogP contribution in [0.2, 0.25) is 5.02 Å². The highest BCUT2D eigenvalue weighted by atomic mass is 79.9. The lowest BCUT2D eigenvalue weighted by molar-refractivity contribution is 0.339. The molecule has 1 aromatic carbocycles. The monoisotopic (exact) mass is 368 g/mol. The summed E-state index contributed by atoms with van der Waals surface area (Å²) in [5.41, 5.74) is 0.507. The van der Waals surface area contributed by atoms with E-state index in [0.29, 0.717) is 10.9 Å². The molecule has 1 fully saturated rings. The number of hydrogen-bond donors (Lipinski definition) is 1. The van der Waals surface area contributed by atoms with Crippen molar-refractivity contribution in [2.24, 2.45) is 11.8 Å². The summed E-state index contributed by atoms with van der Waals surface area (Å²) in [5, 5.41) is 13.9. The molecule has 1 saturated carbocycles. The Morgan fingerprint density at radius 1 is 1.38 bits per heavy atom. The van der Waals surface area contributed by atoms with Gasteiger partial charge in [-0.1, -0.05) is 31.9 Å². The smallest absolute Gasteiger partial charge is 0.125 e. The van der Waals surface area contributed by atoms with E-state index in [2.05, 4.69) is 41.2 Å². The first-order valence-corrected chi connectivity index (χ1v) is 8.77. The van der Waals surface area contributed by atoms with Gasteiger partial charge in [0.1, 0.15) is 5.54 Å². The van der Waals surface area contributed by atoms with Crippen LogP contribution in [0.4, 0.5) is 5.69 Å². The Kier molecular flexibility index (Phi) is 5.57. The highest BCUT2D eigenvalue weighted by molar-refractivity contribution is 9.10. The topological polar surface area (TPSA) is 35.8 Å². The first kappa shape index (κ1) is 16.6. The summed E-state index contributed by atoms with van der Waals surface area (Å²) in [6, 6.07) is 8.29. The standard InChI is InChI=1S/C17H22BrClN2/c1-12(2)13-4-3-8-17(11-20,9-7-13)21-14-5-6-16(19)15(18)10-14/h5-6,10,12-13,21H,3-4,7-9H2,1-2H3. The molecule has 0 aromatic heterocycles. The van der Waals surface area contributed by atoms with Crippen LogP contribution in [0.3, 0.4) is 0 Å². The van der Waals surface area contributed by atoms with Gasteiger partial charge in [0.25, 0.3) is 0 Å². The molecule has 0 spiro atoms. The first-order chi connectivity index (χ1) is 9.96. The molecule has 2 rings (SSSR count). The van der Waals surface area contributed by atoms with E-state index in [1.54, 1.807) is 0 Å². The maximum atomic E-state index is 9.73. The van der Waals surface area contributed by atoms with Crippen molar-refractivity contribution in [2.45, 2.75) is 51.5 Å². The van der Waals surface area contributed by atoms with Crippen LogP contribution < -0.4 is 5.32 Å². The highest BCUT2D eigenvalue weighted by Crippen LogP contribution is 2.36. The van der Waals surface area contributed by atoms with E-state index >= 15 is 0 Å². The molecule has 2 atom stereocenters. The fourth-order valence-electron chi connectivity index (χ4n) is 3.15. The molecule has 2 nitrogen and oxygen atoms in total. The lowest BCUT2D eigenvalue weighted by atomic mass is 9.87. The van der Waals surface area contributed by atoms with Crippen LogP contribution in [0.25, 0.3) is 0 Å². The second kappa shape index (κ2) is 7.03. The molecule has 4 heteroatoms. The van der Waals surface area contributed by atoms with Gasteiger partial charge in [-0.3, -0.25) is 0 Å². The first-order valence-electron chi connectivity index (χ1n) is 7.60. The predicted octanol–water partition coefficient (Wildman–Crippen LogP) is 6.01. The lowest BCUT2D eigenvalue weighted by Crippen LogP contribution is -2.36. The lowest BCUT2D eigenvalue weighted by Gasteiger charge is -2.28. The zero-order chi connectivity index (χ0) is 15.5. The third kappa shape index (κ3) is 4.14. The number of halogens is 2. The molecule has 0 radical (unpaired) electrons. The Hall–Kier alpha value is -0.720. The Balaban J connectivity index is 2.14. The summed E-state index contributed by atoms with van der Waals surface area (Å²) in [7, 11) is 0. The van der Waals surface area contributed by atoms with Crippen molar-refractivity contribution in [1.82, 2.24) is 0 Å². The number of benzene rings is 1. The Morgan fingerprint density at radius 3 is 2.76 bits per heavy atom. The third-order valence-electron chi connectivity index (χ3n) is 4.58. The van der Waals surface area contributed by atoms with Crippen LogP contribution in [0.5, 0.6) is 0 Å². The Morgan fingerprint density at radius 2 is 2.14 bits per heavy atom. The second-order valence-corrected chi connectivity index (χ2v) is 7.64. The average Bonchev–Trinajstić information content (AvgIpc) is 2.66. The quantitative estimate of drug-likeness (QED) is 0.662. The van der Waals surface area contributed by atoms with E-state index in [1.165, 1.54) is 6.42 Å². The van der Waals surface area contributed by atoms with Gasteiger partial charge in [-0.05, 0) is 71.6 Å². The van der Waals surface area contributed by atoms with Crippen molar-refractivity contribution in [2.75, 3.05) is 5.32 Å². The van der Waals surface area contributed by atoms with Gasteiger partial charge in [0.15, 0.2) is 0 Å². The van der Waals surface area contributed by atoms with E-state index in [-0.39, 0.29) is 0 Å². The van der Waals surface area contributed by atoms with Gasteiger partial charge >= 0.3 is 0 Å². The van der Waals surface area contributed by atoms with Crippen LogP contribution in [0.1, 0.15) is 46.0 Å². The molecule has 0 saturated heterocycles. The molecule has 0 bridgehead atoms. The molecule has 2 unspecified atom stereocenters. The van der Waals surface area contributed by atoms with Gasteiger partial charge < -0.3 is 5.32 Å². The number of nitriles is 1. The van der Waals surface area contributed by atoms with Gasteiger partial charge in [0.2, 0.25) is 0 Å². The van der Waals surface area contributed by atoms with Crippen molar-refractivity contribution in [1.29, 1.82) is 5.26 Å². The second-order valence-electron chi connectivity index (χ2n) is 6.38. The van der Waals surface area contributed by atoms with E-state index in [9.17, 15) is 5.26 Å². The summed E-state index contributed by atoms with van der Waals surface area (Å²) in [4.78, 5) is 0. The van der Waals surface area contributed by atoms with Gasteiger partial charge in [-0.2, -0.15) is 5.26 Å². The molecule has 1 aliphatic carbocycles. The van der Waals surface area contributed by atoms with Crippen molar-refractivity contribution in [3.05, 3.63) is 27.7 Å². The molecule has 0 heterocycles. The minimum absolute atomic E-state index is 0.448. The zero-order valence-electron chi connectivity index (χ0n) is 12.6. The van der Waals surface area contributed by atoms with Crippen LogP contribution in [-0.4, -0.2) is 5.54 Å². The van der Waals surface area contributed by atoms with Crippen LogP contribution in [0.15, 0.2) is 22.7 Å². The normalized spacial score (nSPS) is 26.2. The van der Waals surface area contributed by atoms with Crippen LogP contribution >= 0.6 is 27.5 Å². The summed E-state index contributed by atoms with van der Waals surface area (Å²) < 4.78 is 0.857. The zero-order valence-corrected chi connectivity index (χ0v) is 15.0. The van der Waals surface area contributed by atoms with Crippen molar-refractivity contribution >= 4 is 33.2 Å². The predicted molar refractivity (Wildman–Crippen MR) is 92.5 cm³/mol. The summed E-state index contributed by atoms with van der Waals surface area (Å²) >= 11 is 9.47. The molecule has 1 N–H and O–H groups in total. The molecule has 1 aromatic rings. The Labute approximate surface area is 141 Å². The van der Waals surface area contributed by atoms with Crippen molar-refractivity contribution in [3.8, 4) is 6.07 Å². The molecule has 1 aliphatic rings. The maximum Gasteiger partial charge on any atom is 0.125 e. The van der Waals surface area contributed by atoms with Crippen molar-refractivity contribution < 1.29 is 0 Å². The fourth-order valence-corrected chi connectivity index (χ4v) is 3.65. The molecular weight excluding hydrogens is 348 g/mol. The average molecular weight is 370 g/mol. The van der Waals surface area contributed by atoms with E-state index in [4.69, 9.17) is 11.6 Å². The highest BCUT2D eigenvalue weighted by Gasteiger charge is 2.34. The van der Waals surface area contributed by atoms with Gasteiger partial charge in [-0.25, -0.2) is 0 Å². The molecule has 21 heavy (non-hydrogen) atoms. The largest absolute Gasteiger partial charge is 0.367 e. The van der Waals surface area contributed by atoms with Gasteiger partial charge in [0, 0.05) is 10.2 Å². The summed E-state index contributed by atoms with van der Waals surface area (Å²) in [6.45, 7) is 4.57. The van der Waals surface area contributed by atoms with Crippen molar-refractivity contribution in [3.63, 3.8) is 0 Å². The number of anilines is 1. The van der Waals surface area contributed by atoms with Gasteiger partial charge in [-0.15, -0.1) is 0 Å². The van der Waals surface area contributed by atoms with Crippen LogP contribution in [-0.2, 0) is 0 Å². The molecular formula is C17H22BrClN2. The van der Waals surface area contributed by atoms with Gasteiger partial charge in [0.05, 0.1) is 11.1 Å². The summed E-state index contributed by atoms with van der Waals surface area (Å²) in [5.74, 6) is 1.43. The minimum Gasteiger partial charge on any atom is -0.367 e. The number of hydrogen-bond acceptors (Lipinski definition) is 2. The SMILES string of the molecule is CC(C)C1CCCC(C#N)(Nc2ccc(Cl)c(Br)c2)CC1. The number of nitrogens with one attached hydrogen (secondary N) is 1. The number of nitrogens with zero attached hydrogens (tertiary/aromatic N) is 1. The Bertz CT molecular complexity index is 538.